The second-order valence-electron chi connectivity index (χ2n) is 6.42. The van der Waals surface area contributed by atoms with E-state index in [-0.39, 0.29) is 29.5 Å². The molecule has 136 valence electrons. The van der Waals surface area contributed by atoms with E-state index in [4.69, 9.17) is 5.26 Å². The van der Waals surface area contributed by atoms with Crippen molar-refractivity contribution in [2.45, 2.75) is 44.5 Å². The number of hydrogen-bond donors (Lipinski definition) is 0. The van der Waals surface area contributed by atoms with E-state index >= 15 is 0 Å². The molecule has 0 spiro atoms. The van der Waals surface area contributed by atoms with Gasteiger partial charge >= 0.3 is 0 Å². The number of amides is 1. The van der Waals surface area contributed by atoms with E-state index in [1.165, 1.54) is 11.8 Å². The van der Waals surface area contributed by atoms with Gasteiger partial charge < -0.3 is 4.90 Å². The standard InChI is InChI=1S/C18H24N2O3S2/c1-3-14(2)20(17-7-8-25(22,23)13-17)18(21)12-24-11-16-6-4-5-15(9-16)10-19/h4-6,9,14,17H,3,7-8,11-13H2,1-2H3/t14-,17-/m0/s1. The average Bonchev–Trinajstić information content (AvgIpc) is 2.94. The highest BCUT2D eigenvalue weighted by atomic mass is 32.2. The van der Waals surface area contributed by atoms with Gasteiger partial charge in [-0.05, 0) is 37.5 Å². The summed E-state index contributed by atoms with van der Waals surface area (Å²) in [6.45, 7) is 3.98. The second kappa shape index (κ2) is 8.72. The highest BCUT2D eigenvalue weighted by molar-refractivity contribution is 7.99. The summed E-state index contributed by atoms with van der Waals surface area (Å²) in [6, 6.07) is 9.31. The Labute approximate surface area is 154 Å². The number of nitriles is 1. The minimum absolute atomic E-state index is 0.00196. The van der Waals surface area contributed by atoms with Gasteiger partial charge in [-0.3, -0.25) is 4.79 Å². The number of sulfone groups is 1. The molecule has 0 aliphatic carbocycles. The topological polar surface area (TPSA) is 78.2 Å². The molecular weight excluding hydrogens is 356 g/mol. The Kier molecular flexibility index (Phi) is 6.91. The van der Waals surface area contributed by atoms with E-state index in [1.807, 2.05) is 32.0 Å². The first kappa shape index (κ1) is 19.8. The van der Waals surface area contributed by atoms with Gasteiger partial charge in [0.1, 0.15) is 0 Å². The molecule has 1 amide bonds. The van der Waals surface area contributed by atoms with Crippen molar-refractivity contribution in [3.8, 4) is 6.07 Å². The van der Waals surface area contributed by atoms with Gasteiger partial charge in [0.05, 0.1) is 28.9 Å². The molecule has 2 atom stereocenters. The predicted molar refractivity (Wildman–Crippen MR) is 101 cm³/mol. The number of carbonyl (C=O) groups excluding carboxylic acids is 1. The Morgan fingerprint density at radius 3 is 2.84 bits per heavy atom. The molecule has 0 N–H and O–H groups in total. The van der Waals surface area contributed by atoms with Gasteiger partial charge in [-0.25, -0.2) is 8.42 Å². The predicted octanol–water partition coefficient (Wildman–Crippen LogP) is 2.61. The van der Waals surface area contributed by atoms with Gasteiger partial charge in [-0.2, -0.15) is 5.26 Å². The number of benzene rings is 1. The van der Waals surface area contributed by atoms with Crippen molar-refractivity contribution in [3.63, 3.8) is 0 Å². The Bertz CT molecular complexity index is 756. The van der Waals surface area contributed by atoms with Crippen LogP contribution in [-0.2, 0) is 20.4 Å². The summed E-state index contributed by atoms with van der Waals surface area (Å²) in [7, 11) is -3.02. The van der Waals surface area contributed by atoms with Crippen LogP contribution < -0.4 is 0 Å². The highest BCUT2D eigenvalue weighted by Gasteiger charge is 2.36. The number of carbonyl (C=O) groups is 1. The summed E-state index contributed by atoms with van der Waals surface area (Å²) in [5, 5.41) is 8.93. The number of thioether (sulfide) groups is 1. The average molecular weight is 381 g/mol. The van der Waals surface area contributed by atoms with Crippen LogP contribution in [0.3, 0.4) is 0 Å². The Hall–Kier alpha value is -1.52. The summed E-state index contributed by atoms with van der Waals surface area (Å²) < 4.78 is 23.5. The maximum atomic E-state index is 12.7. The van der Waals surface area contributed by atoms with E-state index in [2.05, 4.69) is 6.07 Å². The zero-order valence-electron chi connectivity index (χ0n) is 14.6. The lowest BCUT2D eigenvalue weighted by Gasteiger charge is -2.33. The molecule has 1 saturated heterocycles. The number of rotatable bonds is 7. The normalized spacial score (nSPS) is 20.0. The lowest BCUT2D eigenvalue weighted by molar-refractivity contribution is -0.132. The van der Waals surface area contributed by atoms with Crippen LogP contribution in [0.4, 0.5) is 0 Å². The summed E-state index contributed by atoms with van der Waals surface area (Å²) in [6.07, 6.45) is 1.34. The quantitative estimate of drug-likeness (QED) is 0.726. The van der Waals surface area contributed by atoms with Crippen LogP contribution >= 0.6 is 11.8 Å². The molecule has 0 saturated carbocycles. The smallest absolute Gasteiger partial charge is 0.233 e. The van der Waals surface area contributed by atoms with Crippen molar-refractivity contribution in [1.82, 2.24) is 4.90 Å². The molecule has 5 nitrogen and oxygen atoms in total. The molecule has 25 heavy (non-hydrogen) atoms. The molecule has 0 bridgehead atoms. The van der Waals surface area contributed by atoms with Crippen molar-refractivity contribution in [1.29, 1.82) is 5.26 Å². The largest absolute Gasteiger partial charge is 0.335 e. The Balaban J connectivity index is 1.96. The molecular formula is C18H24N2O3S2. The molecule has 1 heterocycles. The van der Waals surface area contributed by atoms with Crippen LogP contribution in [0.1, 0.15) is 37.8 Å². The van der Waals surface area contributed by atoms with Crippen LogP contribution in [0.15, 0.2) is 24.3 Å². The van der Waals surface area contributed by atoms with Crippen molar-refractivity contribution in [2.75, 3.05) is 17.3 Å². The second-order valence-corrected chi connectivity index (χ2v) is 9.63. The fourth-order valence-corrected chi connectivity index (χ4v) is 5.61. The minimum Gasteiger partial charge on any atom is -0.335 e. The molecule has 1 aliphatic rings. The molecule has 2 rings (SSSR count). The van der Waals surface area contributed by atoms with Crippen LogP contribution in [0.5, 0.6) is 0 Å². The van der Waals surface area contributed by atoms with Crippen LogP contribution in [0.25, 0.3) is 0 Å². The zero-order chi connectivity index (χ0) is 18.4. The van der Waals surface area contributed by atoms with E-state index in [9.17, 15) is 13.2 Å². The third kappa shape index (κ3) is 5.48. The first-order valence-electron chi connectivity index (χ1n) is 8.44. The SMILES string of the molecule is CC[C@H](C)N(C(=O)CSCc1cccc(C#N)c1)[C@H]1CCS(=O)(=O)C1. The van der Waals surface area contributed by atoms with Crippen molar-refractivity contribution < 1.29 is 13.2 Å². The fourth-order valence-electron chi connectivity index (χ4n) is 3.06. The van der Waals surface area contributed by atoms with Gasteiger partial charge in [0.2, 0.25) is 5.91 Å². The molecule has 1 fully saturated rings. The Morgan fingerprint density at radius 2 is 2.24 bits per heavy atom. The van der Waals surface area contributed by atoms with Crippen molar-refractivity contribution in [2.24, 2.45) is 0 Å². The molecule has 1 aliphatic heterocycles. The minimum atomic E-state index is -3.02. The molecule has 1 aromatic rings. The first-order chi connectivity index (χ1) is 11.9. The molecule has 7 heteroatoms. The summed E-state index contributed by atoms with van der Waals surface area (Å²) >= 11 is 1.50. The molecule has 0 unspecified atom stereocenters. The summed E-state index contributed by atoms with van der Waals surface area (Å²) in [4.78, 5) is 14.5. The van der Waals surface area contributed by atoms with Gasteiger partial charge in [0, 0.05) is 17.8 Å². The van der Waals surface area contributed by atoms with E-state index in [0.717, 1.165) is 12.0 Å². The highest BCUT2D eigenvalue weighted by Crippen LogP contribution is 2.23. The summed E-state index contributed by atoms with van der Waals surface area (Å²) in [5.41, 5.74) is 1.62. The first-order valence-corrected chi connectivity index (χ1v) is 11.4. The van der Waals surface area contributed by atoms with E-state index < -0.39 is 9.84 Å². The lowest BCUT2D eigenvalue weighted by Crippen LogP contribution is -2.47. The third-order valence-electron chi connectivity index (χ3n) is 4.51. The maximum Gasteiger partial charge on any atom is 0.233 e. The lowest BCUT2D eigenvalue weighted by atomic mass is 10.1. The van der Waals surface area contributed by atoms with Gasteiger partial charge in [0.25, 0.3) is 0 Å². The van der Waals surface area contributed by atoms with Gasteiger partial charge in [0.15, 0.2) is 9.84 Å². The van der Waals surface area contributed by atoms with Gasteiger partial charge in [-0.15, -0.1) is 11.8 Å². The third-order valence-corrected chi connectivity index (χ3v) is 7.24. The number of nitrogens with zero attached hydrogens (tertiary/aromatic N) is 2. The zero-order valence-corrected chi connectivity index (χ0v) is 16.3. The van der Waals surface area contributed by atoms with Crippen molar-refractivity contribution >= 4 is 27.5 Å². The van der Waals surface area contributed by atoms with Crippen molar-refractivity contribution in [3.05, 3.63) is 35.4 Å². The van der Waals surface area contributed by atoms with E-state index in [1.54, 1.807) is 11.0 Å². The molecule has 0 radical (unpaired) electrons. The summed E-state index contributed by atoms with van der Waals surface area (Å²) in [5.74, 6) is 1.22. The van der Waals surface area contributed by atoms with E-state index in [0.29, 0.717) is 23.5 Å². The Morgan fingerprint density at radius 1 is 1.48 bits per heavy atom. The van der Waals surface area contributed by atoms with Crippen LogP contribution in [0.2, 0.25) is 0 Å². The molecule has 1 aromatic carbocycles. The fraction of sp³-hybridized carbons (Fsp3) is 0.556. The number of hydrogen-bond acceptors (Lipinski definition) is 5. The van der Waals surface area contributed by atoms with Gasteiger partial charge in [-0.1, -0.05) is 19.1 Å². The monoisotopic (exact) mass is 380 g/mol. The maximum absolute atomic E-state index is 12.7. The molecule has 0 aromatic heterocycles. The van der Waals surface area contributed by atoms with Crippen LogP contribution in [-0.4, -0.2) is 48.6 Å². The van der Waals surface area contributed by atoms with Crippen LogP contribution in [0, 0.1) is 11.3 Å².